The topological polar surface area (TPSA) is 330 Å². The second kappa shape index (κ2) is 49.0. The molecule has 0 N–H and O–H groups in total. The minimum absolute atomic E-state index is 0.00524. The van der Waals surface area contributed by atoms with Crippen molar-refractivity contribution < 1.29 is 64.4 Å². The second-order valence-corrected chi connectivity index (χ2v) is 43.2. The normalized spacial score (nSPS) is 11.9. The van der Waals surface area contributed by atoms with Gasteiger partial charge < -0.3 is 28.4 Å². The first-order valence-corrected chi connectivity index (χ1v) is 49.9. The molecule has 0 aromatic carbocycles. The van der Waals surface area contributed by atoms with E-state index in [0.29, 0.717) is 96.2 Å². The van der Waals surface area contributed by atoms with Crippen LogP contribution in [0.5, 0.6) is 28.7 Å². The van der Waals surface area contributed by atoms with Crippen molar-refractivity contribution in [1.82, 2.24) is 65.7 Å². The number of hydrogen-bond acceptors (Lipinski definition) is 22. The van der Waals surface area contributed by atoms with Crippen LogP contribution in [0.2, 0.25) is 0 Å². The van der Waals surface area contributed by atoms with E-state index < -0.39 is 57.1 Å². The quantitative estimate of drug-likeness (QED) is 0.0449. The number of fused-ring (bicyclic) bond motifs is 7. The van der Waals surface area contributed by atoms with Crippen molar-refractivity contribution in [1.29, 1.82) is 0 Å². The van der Waals surface area contributed by atoms with Crippen molar-refractivity contribution in [2.24, 2.45) is 0 Å². The maximum atomic E-state index is 14.5. The average molecular weight is 2050 g/mol. The van der Waals surface area contributed by atoms with E-state index in [-0.39, 0.29) is 149 Å². The van der Waals surface area contributed by atoms with Gasteiger partial charge in [0.25, 0.3) is 16.7 Å². The summed E-state index contributed by atoms with van der Waals surface area (Å²) < 4.78 is 127. The van der Waals surface area contributed by atoms with Crippen molar-refractivity contribution in [2.45, 2.75) is 317 Å². The van der Waals surface area contributed by atoms with Gasteiger partial charge in [0.05, 0.1) is 48.8 Å². The highest BCUT2D eigenvalue weighted by Gasteiger charge is 2.30. The Hall–Kier alpha value is -13.6. The van der Waals surface area contributed by atoms with Crippen LogP contribution in [0.1, 0.15) is 312 Å². The van der Waals surface area contributed by atoms with Gasteiger partial charge in [-0.05, 0) is 184 Å². The first-order valence-electron chi connectivity index (χ1n) is 49.9. The molecule has 0 fully saturated rings. The summed E-state index contributed by atoms with van der Waals surface area (Å²) in [5, 5.41) is 0. The molecule has 0 atom stereocenters. The summed E-state index contributed by atoms with van der Waals surface area (Å²) in [6.07, 6.45) is 16.4. The SMILES string of the molecule is CCC(=O)COc1c(CC)nc2c(F)cc(C(C)(C)C)cn2c1=O.CCCOc1c(CC)nc2c(F)cc(C(C)(C)C)cn2c1=O.CCc1cc(=O)n2cc(C(C)(C)C)cc(C)c2n1.CCc1cc(=O)n2cc(C(C)(C)C)cc(OC)c2n1.CCc1nc2c(F)cc(C(C)(C)C)cn2c(=O)c1F.CCc1nc2c(F)cc(C(C)(C)C)cn2c(=O)c1OCC(C)=O.CCc1nc2c(F)cc(C(C)(C)C)cn2c(=O)c1OCCOC. The van der Waals surface area contributed by atoms with Crippen molar-refractivity contribution in [3.05, 3.63) is 290 Å². The number of carbonyl (C=O) groups excluding carboxylic acids is 2. The molecule has 35 heteroatoms. The van der Waals surface area contributed by atoms with E-state index in [1.807, 2.05) is 164 Å². The zero-order valence-electron chi connectivity index (χ0n) is 92.3. The number of hydrogen-bond donors (Lipinski definition) is 0. The number of aromatic nitrogens is 14. The Morgan fingerprint density at radius 2 is 0.574 bits per heavy atom. The van der Waals surface area contributed by atoms with E-state index in [0.717, 1.165) is 72.9 Å². The summed E-state index contributed by atoms with van der Waals surface area (Å²) >= 11 is 0. The number of ketones is 2. The lowest BCUT2D eigenvalue weighted by Gasteiger charge is -2.20. The summed E-state index contributed by atoms with van der Waals surface area (Å²) in [6.45, 7) is 62.5. The van der Waals surface area contributed by atoms with Crippen molar-refractivity contribution in [3.63, 3.8) is 0 Å². The van der Waals surface area contributed by atoms with E-state index in [1.165, 1.54) is 56.7 Å². The Kier molecular flexibility index (Phi) is 39.6. The van der Waals surface area contributed by atoms with Crippen LogP contribution in [-0.4, -0.2) is 125 Å². The van der Waals surface area contributed by atoms with Crippen LogP contribution in [0.15, 0.2) is 132 Å². The van der Waals surface area contributed by atoms with Crippen molar-refractivity contribution in [2.75, 3.05) is 47.3 Å². The summed E-state index contributed by atoms with van der Waals surface area (Å²) in [6, 6.07) is 14.3. The number of Topliss-reactive ketones (excluding diaryl/α,β-unsaturated/α-hetero) is 2. The van der Waals surface area contributed by atoms with E-state index >= 15 is 0 Å². The molecule has 14 rings (SSSR count). The lowest BCUT2D eigenvalue weighted by Crippen LogP contribution is -2.25. The monoisotopic (exact) mass is 2050 g/mol. The standard InChI is InChI=1S/C18H23FN2O3.C17H21FN2O3.C17H23FN2O3.C17H23FN2O2.C15H20N2O2.C15H20N2O.C14H16F2N2O/c1-6-12(22)10-24-15-14(7-2)20-16-13(19)8-11(18(3,4)5)9-21(16)17(15)23;1-6-13-14(23-9-10(2)21)16(22)20-8-11(17(3,4)5)7-12(18)15(20)19-13;1-6-13-14(23-8-7-22-5)16(21)20-10-11(17(2,3)4)9-12(18)15(20)19-13;1-6-8-22-14-13(7-2)19-15-12(18)9-11(17(3,4)5)10-20(15)16(14)21;1-6-11-8-13(18)17-9-10(15(2,3)4)7-12(19-5)14(17)16-11;1-6-12-8-13(18)17-9-11(15(3,4)5)7-10(2)14(17)16-12;1-5-10-11(16)13(19)18-7-8(14(2,3)4)6-9(15)12(18)17-10/h8-9H,6-7,10H2,1-5H3;7-8H,6,9H2,1-5H3;9-10H,6-8H2,1-5H3;9-10H,6-8H2,1-5H3;7-9H,6H2,1-5H3;7-9H,6H2,1-5H3;6-7H,5H2,1-4H3. The molecule has 0 bridgehead atoms. The van der Waals surface area contributed by atoms with E-state index in [1.54, 1.807) is 87.6 Å². The predicted molar refractivity (Wildman–Crippen MR) is 568 cm³/mol. The van der Waals surface area contributed by atoms with Gasteiger partial charge in [0.1, 0.15) is 25.5 Å². The van der Waals surface area contributed by atoms with Crippen LogP contribution in [-0.2, 0) is 97.2 Å². The molecule has 0 amide bonds. The van der Waals surface area contributed by atoms with Gasteiger partial charge in [0, 0.05) is 80.4 Å². The van der Waals surface area contributed by atoms with Crippen LogP contribution in [0, 0.1) is 41.8 Å². The number of rotatable bonds is 22. The zero-order valence-corrected chi connectivity index (χ0v) is 92.3. The molecule has 0 spiro atoms. The minimum Gasteiger partial charge on any atom is -0.493 e. The fourth-order valence-corrected chi connectivity index (χ4v) is 14.8. The first-order chi connectivity index (χ1) is 68.9. The lowest BCUT2D eigenvalue weighted by atomic mass is 9.87. The molecule has 800 valence electrons. The molecule has 0 aliphatic heterocycles. The molecule has 14 heterocycles. The van der Waals surface area contributed by atoms with Crippen LogP contribution >= 0.6 is 0 Å². The minimum atomic E-state index is -0.912. The van der Waals surface area contributed by atoms with E-state index in [4.69, 9.17) is 28.4 Å². The maximum Gasteiger partial charge on any atom is 0.300 e. The third-order valence-electron chi connectivity index (χ3n) is 24.2. The number of halogens is 6. The number of pyridine rings is 7. The van der Waals surface area contributed by atoms with Crippen LogP contribution in [0.4, 0.5) is 26.3 Å². The average Bonchev–Trinajstić information content (AvgIpc) is 0.775. The molecule has 14 aromatic rings. The Bertz CT molecular complexity index is 7710. The van der Waals surface area contributed by atoms with Crippen LogP contribution < -0.4 is 62.6 Å². The van der Waals surface area contributed by atoms with Gasteiger partial charge in [-0.25, -0.2) is 56.8 Å². The van der Waals surface area contributed by atoms with Gasteiger partial charge in [-0.2, -0.15) is 4.39 Å². The van der Waals surface area contributed by atoms with Gasteiger partial charge in [-0.3, -0.25) is 74.0 Å². The fourth-order valence-electron chi connectivity index (χ4n) is 14.8. The summed E-state index contributed by atoms with van der Waals surface area (Å²) in [7, 11) is 3.16. The molecule has 0 radical (unpaired) electrons. The van der Waals surface area contributed by atoms with Gasteiger partial charge in [-0.15, -0.1) is 0 Å². The number of methoxy groups -OCH3 is 2. The molecule has 0 saturated heterocycles. The number of carbonyl (C=O) groups is 2. The van der Waals surface area contributed by atoms with Crippen molar-refractivity contribution in [3.8, 4) is 28.7 Å². The summed E-state index contributed by atoms with van der Waals surface area (Å²) in [5.74, 6) is -2.89. The summed E-state index contributed by atoms with van der Waals surface area (Å²) in [4.78, 5) is 140. The van der Waals surface area contributed by atoms with Crippen molar-refractivity contribution >= 4 is 51.1 Å². The van der Waals surface area contributed by atoms with Crippen LogP contribution in [0.25, 0.3) is 39.5 Å². The van der Waals surface area contributed by atoms with E-state index in [9.17, 15) is 69.5 Å². The second-order valence-electron chi connectivity index (χ2n) is 43.2. The fraction of sp³-hybridized carbons (Fsp3) is 0.487. The highest BCUT2D eigenvalue weighted by Crippen LogP contribution is 2.34. The zero-order chi connectivity index (χ0) is 111. The predicted octanol–water partition coefficient (Wildman–Crippen LogP) is 20.2. The Morgan fingerprint density at radius 3 is 0.858 bits per heavy atom. The Morgan fingerprint density at radius 1 is 0.304 bits per heavy atom. The summed E-state index contributed by atoms with van der Waals surface area (Å²) in [5.41, 5.74) is 7.01. The molecule has 0 saturated carbocycles. The molecule has 0 aliphatic carbocycles. The number of ether oxygens (including phenoxy) is 6. The highest BCUT2D eigenvalue weighted by molar-refractivity contribution is 5.79. The number of nitrogens with zero attached hydrogens (tertiary/aromatic N) is 14. The molecule has 0 aliphatic rings. The maximum absolute atomic E-state index is 14.5. The first kappa shape index (κ1) is 120. The highest BCUT2D eigenvalue weighted by atomic mass is 19.1. The molecular formula is C113H146F6N14O15. The molecule has 0 unspecified atom stereocenters. The Balaban J connectivity index is 0.000000211. The molecule has 14 aromatic heterocycles. The lowest BCUT2D eigenvalue weighted by molar-refractivity contribution is -0.121. The molecular weight excluding hydrogens is 1910 g/mol. The van der Waals surface area contributed by atoms with Crippen LogP contribution in [0.3, 0.4) is 0 Å². The smallest absolute Gasteiger partial charge is 0.300 e. The largest absolute Gasteiger partial charge is 0.493 e. The third-order valence-corrected chi connectivity index (χ3v) is 24.2. The van der Waals surface area contributed by atoms with E-state index in [2.05, 4.69) is 82.5 Å². The van der Waals surface area contributed by atoms with Gasteiger partial charge in [0.15, 0.2) is 80.3 Å². The van der Waals surface area contributed by atoms with Gasteiger partial charge in [0.2, 0.25) is 28.8 Å². The van der Waals surface area contributed by atoms with Gasteiger partial charge in [-0.1, -0.05) is 214 Å². The molecule has 148 heavy (non-hydrogen) atoms. The number of aryl methyl sites for hydroxylation is 8. The third kappa shape index (κ3) is 28.9. The molecule has 29 nitrogen and oxygen atoms in total. The van der Waals surface area contributed by atoms with Gasteiger partial charge >= 0.3 is 22.2 Å². The Labute approximate surface area is 859 Å².